The minimum Gasteiger partial charge on any atom is -0.391 e. The number of benzene rings is 1. The molecule has 0 saturated carbocycles. The molecule has 0 aromatic heterocycles. The van der Waals surface area contributed by atoms with Crippen LogP contribution in [0.25, 0.3) is 0 Å². The topological polar surface area (TPSA) is 182 Å². The van der Waals surface area contributed by atoms with Crippen molar-refractivity contribution >= 4 is 23.6 Å². The molecular formula is C19H27N5O9. The van der Waals surface area contributed by atoms with Crippen LogP contribution in [0.4, 0.5) is 10.5 Å². The third-order valence-electron chi connectivity index (χ3n) is 4.37. The molecule has 0 bridgehead atoms. The summed E-state index contributed by atoms with van der Waals surface area (Å²) in [5.41, 5.74) is 0.533. The van der Waals surface area contributed by atoms with Gasteiger partial charge in [-0.15, -0.1) is 0 Å². The summed E-state index contributed by atoms with van der Waals surface area (Å²) in [6.07, 6.45) is 0.976. The normalized spacial score (nSPS) is 13.4. The van der Waals surface area contributed by atoms with Crippen molar-refractivity contribution in [2.45, 2.75) is 38.8 Å². The highest BCUT2D eigenvalue weighted by molar-refractivity contribution is 5.76. The van der Waals surface area contributed by atoms with E-state index in [4.69, 9.17) is 19.6 Å². The Kier molecular flexibility index (Phi) is 11.0. The Morgan fingerprint density at radius 1 is 1.09 bits per heavy atom. The fourth-order valence-electron chi connectivity index (χ4n) is 2.70. The molecule has 0 radical (unpaired) electrons. The summed E-state index contributed by atoms with van der Waals surface area (Å²) in [6, 6.07) is 3.93. The summed E-state index contributed by atoms with van der Waals surface area (Å²) in [4.78, 5) is 60.0. The number of rotatable bonds is 13. The number of hydrogen-bond donors (Lipinski definition) is 4. The molecule has 182 valence electrons. The summed E-state index contributed by atoms with van der Waals surface area (Å²) in [7, 11) is 0. The average Bonchev–Trinajstić information content (AvgIpc) is 3.31. The van der Waals surface area contributed by atoms with Crippen LogP contribution >= 0.6 is 0 Å². The molecule has 1 aromatic carbocycles. The first-order valence-electron chi connectivity index (χ1n) is 10.3. The van der Waals surface area contributed by atoms with E-state index in [2.05, 4.69) is 16.0 Å². The summed E-state index contributed by atoms with van der Waals surface area (Å²) in [5, 5.41) is 28.6. The van der Waals surface area contributed by atoms with Gasteiger partial charge in [0.1, 0.15) is 18.6 Å². The molecule has 4 N–H and O–H groups in total. The second-order valence-electron chi connectivity index (χ2n) is 6.90. The van der Waals surface area contributed by atoms with Crippen LogP contribution in [0, 0.1) is 10.1 Å². The molecule has 3 amide bonds. The Morgan fingerprint density at radius 3 is 2.39 bits per heavy atom. The maximum absolute atomic E-state index is 11.9. The molecular weight excluding hydrogens is 442 g/mol. The summed E-state index contributed by atoms with van der Waals surface area (Å²) >= 11 is 0. The van der Waals surface area contributed by atoms with Crippen molar-refractivity contribution in [1.29, 1.82) is 0 Å². The van der Waals surface area contributed by atoms with Crippen molar-refractivity contribution in [2.75, 3.05) is 26.3 Å². The van der Waals surface area contributed by atoms with E-state index < -0.39 is 23.5 Å². The van der Waals surface area contributed by atoms with Crippen LogP contribution < -0.4 is 16.0 Å². The highest BCUT2D eigenvalue weighted by Gasteiger charge is 2.18. The molecule has 1 heterocycles. The van der Waals surface area contributed by atoms with Crippen molar-refractivity contribution in [3.8, 4) is 0 Å². The SMILES string of the molecule is O=C(CCCNC(=O)NCCCC(=O)ON1OCCO1)NCc1ccc(CO)c([N+](=O)[O-])c1. The maximum Gasteiger partial charge on any atom is 0.330 e. The number of urea groups is 1. The second kappa shape index (κ2) is 13.9. The van der Waals surface area contributed by atoms with Crippen LogP contribution in [0.1, 0.15) is 36.8 Å². The van der Waals surface area contributed by atoms with E-state index in [0.29, 0.717) is 37.0 Å². The van der Waals surface area contributed by atoms with E-state index >= 15 is 0 Å². The van der Waals surface area contributed by atoms with E-state index in [-0.39, 0.29) is 49.6 Å². The molecule has 0 atom stereocenters. The number of hydrogen-bond acceptors (Lipinski definition) is 10. The van der Waals surface area contributed by atoms with Crippen LogP contribution in [0.5, 0.6) is 0 Å². The molecule has 1 aromatic rings. The molecule has 0 unspecified atom stereocenters. The average molecular weight is 469 g/mol. The standard InChI is InChI=1S/C19H27N5O9/c25-13-15-6-5-14(11-16(15)23(29)30)12-22-17(26)3-1-7-20-19(28)21-8-2-4-18(27)33-24-31-9-10-32-24/h5-6,11,25H,1-4,7-10,12-13H2,(H,22,26)(H2,20,21,28). The van der Waals surface area contributed by atoms with Gasteiger partial charge in [-0.05, 0) is 24.5 Å². The summed E-state index contributed by atoms with van der Waals surface area (Å²) in [6.45, 7) is 0.796. The second-order valence-corrected chi connectivity index (χ2v) is 6.90. The van der Waals surface area contributed by atoms with Gasteiger partial charge in [0.15, 0.2) is 0 Å². The number of carbonyl (C=O) groups is 3. The van der Waals surface area contributed by atoms with Crippen molar-refractivity contribution in [2.24, 2.45) is 0 Å². The van der Waals surface area contributed by atoms with Gasteiger partial charge in [-0.25, -0.2) is 14.5 Å². The molecule has 1 aliphatic heterocycles. The van der Waals surface area contributed by atoms with Gasteiger partial charge in [-0.2, -0.15) is 0 Å². The molecule has 0 aliphatic carbocycles. The third kappa shape index (κ3) is 9.78. The van der Waals surface area contributed by atoms with Crippen molar-refractivity contribution in [3.63, 3.8) is 0 Å². The number of aliphatic hydroxyl groups is 1. The maximum atomic E-state index is 11.9. The Labute approximate surface area is 189 Å². The van der Waals surface area contributed by atoms with Crippen LogP contribution in [0.15, 0.2) is 18.2 Å². The minimum absolute atomic E-state index is 0.0650. The van der Waals surface area contributed by atoms with Crippen LogP contribution in [0.2, 0.25) is 0 Å². The van der Waals surface area contributed by atoms with Crippen LogP contribution in [-0.2, 0) is 37.3 Å². The van der Waals surface area contributed by atoms with E-state index in [9.17, 15) is 24.5 Å². The lowest BCUT2D eigenvalue weighted by Crippen LogP contribution is -2.37. The molecule has 2 rings (SSSR count). The zero-order valence-corrected chi connectivity index (χ0v) is 17.9. The smallest absolute Gasteiger partial charge is 0.330 e. The lowest BCUT2D eigenvalue weighted by molar-refractivity contribution is -0.460. The molecule has 0 spiro atoms. The van der Waals surface area contributed by atoms with Crippen molar-refractivity contribution in [3.05, 3.63) is 39.4 Å². The Bertz CT molecular complexity index is 830. The van der Waals surface area contributed by atoms with E-state index in [0.717, 1.165) is 0 Å². The van der Waals surface area contributed by atoms with Gasteiger partial charge in [0, 0.05) is 38.5 Å². The molecule has 33 heavy (non-hydrogen) atoms. The zero-order chi connectivity index (χ0) is 24.1. The van der Waals surface area contributed by atoms with Crippen LogP contribution in [-0.4, -0.2) is 59.6 Å². The minimum atomic E-state index is -0.586. The molecule has 1 aliphatic rings. The van der Waals surface area contributed by atoms with Gasteiger partial charge >= 0.3 is 12.0 Å². The number of nitro groups is 1. The lowest BCUT2D eigenvalue weighted by atomic mass is 10.1. The monoisotopic (exact) mass is 469 g/mol. The van der Waals surface area contributed by atoms with E-state index in [1.165, 1.54) is 12.1 Å². The van der Waals surface area contributed by atoms with Gasteiger partial charge in [0.2, 0.25) is 5.91 Å². The lowest BCUT2D eigenvalue weighted by Gasteiger charge is -2.10. The van der Waals surface area contributed by atoms with Crippen molar-refractivity contribution in [1.82, 2.24) is 21.3 Å². The fraction of sp³-hybridized carbons (Fsp3) is 0.526. The van der Waals surface area contributed by atoms with Gasteiger partial charge in [0.05, 0.1) is 17.1 Å². The molecule has 14 heteroatoms. The first kappa shape index (κ1) is 25.9. The Balaban J connectivity index is 1.52. The summed E-state index contributed by atoms with van der Waals surface area (Å²) in [5.74, 6) is -0.820. The van der Waals surface area contributed by atoms with E-state index in [1.807, 2.05) is 0 Å². The zero-order valence-electron chi connectivity index (χ0n) is 17.9. The number of nitrogens with one attached hydrogen (secondary N) is 3. The van der Waals surface area contributed by atoms with Crippen molar-refractivity contribution < 1.29 is 38.9 Å². The fourth-order valence-corrected chi connectivity index (χ4v) is 2.70. The molecule has 14 nitrogen and oxygen atoms in total. The first-order valence-corrected chi connectivity index (χ1v) is 10.3. The Morgan fingerprint density at radius 2 is 1.76 bits per heavy atom. The van der Waals surface area contributed by atoms with Gasteiger partial charge in [0.25, 0.3) is 5.69 Å². The number of nitro benzene ring substituents is 1. The highest BCUT2D eigenvalue weighted by Crippen LogP contribution is 2.20. The van der Waals surface area contributed by atoms with Gasteiger partial charge < -0.3 is 25.9 Å². The Hall–Kier alpha value is -3.33. The molecule has 1 saturated heterocycles. The van der Waals surface area contributed by atoms with Crippen LogP contribution in [0.3, 0.4) is 0 Å². The number of amides is 3. The first-order chi connectivity index (χ1) is 15.9. The third-order valence-corrected chi connectivity index (χ3v) is 4.37. The number of carbonyl (C=O) groups excluding carboxylic acids is 3. The largest absolute Gasteiger partial charge is 0.391 e. The predicted octanol–water partition coefficient (Wildman–Crippen LogP) is 0.200. The van der Waals surface area contributed by atoms with Gasteiger partial charge in [-0.1, -0.05) is 6.07 Å². The summed E-state index contributed by atoms with van der Waals surface area (Å²) < 4.78 is 0. The predicted molar refractivity (Wildman–Crippen MR) is 111 cm³/mol. The highest BCUT2D eigenvalue weighted by atomic mass is 17.2. The van der Waals surface area contributed by atoms with E-state index in [1.54, 1.807) is 6.07 Å². The van der Waals surface area contributed by atoms with Gasteiger partial charge in [-0.3, -0.25) is 19.7 Å². The number of nitrogens with zero attached hydrogens (tertiary/aromatic N) is 2. The molecule has 1 fully saturated rings. The quantitative estimate of drug-likeness (QED) is 0.177. The number of aliphatic hydroxyl groups excluding tert-OH is 1.